The summed E-state index contributed by atoms with van der Waals surface area (Å²) >= 11 is 0. The number of amides is 1. The molecule has 0 saturated carbocycles. The van der Waals surface area contributed by atoms with E-state index in [9.17, 15) is 9.59 Å². The molecule has 0 rings (SSSR count). The Bertz CT molecular complexity index is 147. The van der Waals surface area contributed by atoms with Gasteiger partial charge in [-0.25, -0.2) is 5.43 Å². The molecule has 0 fully saturated rings. The SMILES string of the molecule is NNC(CC(N)=O)C(=O)O. The molecule has 6 nitrogen and oxygen atoms in total. The molecular weight excluding hydrogens is 138 g/mol. The van der Waals surface area contributed by atoms with Crippen molar-refractivity contribution < 1.29 is 14.7 Å². The van der Waals surface area contributed by atoms with Crippen LogP contribution in [-0.2, 0) is 9.59 Å². The van der Waals surface area contributed by atoms with E-state index in [4.69, 9.17) is 16.7 Å². The lowest BCUT2D eigenvalue weighted by molar-refractivity contribution is -0.141. The predicted molar refractivity (Wildman–Crippen MR) is 32.6 cm³/mol. The van der Waals surface area contributed by atoms with Gasteiger partial charge in [-0.1, -0.05) is 0 Å². The highest BCUT2D eigenvalue weighted by Crippen LogP contribution is 1.87. The molecule has 0 aromatic heterocycles. The summed E-state index contributed by atoms with van der Waals surface area (Å²) in [5.74, 6) is 2.89. The van der Waals surface area contributed by atoms with Crippen molar-refractivity contribution >= 4 is 11.9 Å². The normalized spacial score (nSPS) is 12.5. The Hall–Kier alpha value is -1.14. The molecule has 0 bridgehead atoms. The van der Waals surface area contributed by atoms with Crippen molar-refractivity contribution in [3.05, 3.63) is 0 Å². The molecule has 0 aliphatic rings. The monoisotopic (exact) mass is 147 g/mol. The quantitative estimate of drug-likeness (QED) is 0.265. The summed E-state index contributed by atoms with van der Waals surface area (Å²) < 4.78 is 0. The molecule has 1 unspecified atom stereocenters. The largest absolute Gasteiger partial charge is 0.480 e. The molecule has 0 heterocycles. The fourth-order valence-corrected chi connectivity index (χ4v) is 0.419. The molecule has 0 aromatic carbocycles. The molecular formula is C4H9N3O3. The Morgan fingerprint density at radius 3 is 2.20 bits per heavy atom. The molecule has 6 heteroatoms. The molecule has 0 aromatic rings. The van der Waals surface area contributed by atoms with Crippen LogP contribution in [0.4, 0.5) is 0 Å². The molecule has 1 atom stereocenters. The van der Waals surface area contributed by atoms with Crippen molar-refractivity contribution in [2.45, 2.75) is 12.5 Å². The van der Waals surface area contributed by atoms with Gasteiger partial charge in [-0.05, 0) is 0 Å². The van der Waals surface area contributed by atoms with Crippen LogP contribution >= 0.6 is 0 Å². The third-order valence-corrected chi connectivity index (χ3v) is 0.905. The standard InChI is InChI=1S/C4H9N3O3/c5-3(8)1-2(7-6)4(9)10/h2,7H,1,6H2,(H2,5,8)(H,9,10). The van der Waals surface area contributed by atoms with Crippen LogP contribution in [0.3, 0.4) is 0 Å². The zero-order chi connectivity index (χ0) is 8.15. The molecule has 0 aliphatic heterocycles. The molecule has 0 radical (unpaired) electrons. The first-order valence-corrected chi connectivity index (χ1v) is 2.55. The minimum absolute atomic E-state index is 0.300. The molecule has 0 saturated heterocycles. The van der Waals surface area contributed by atoms with Crippen LogP contribution in [0.1, 0.15) is 6.42 Å². The van der Waals surface area contributed by atoms with Gasteiger partial charge < -0.3 is 10.8 Å². The maximum Gasteiger partial charge on any atom is 0.322 e. The first-order chi connectivity index (χ1) is 4.57. The van der Waals surface area contributed by atoms with Crippen LogP contribution in [0.25, 0.3) is 0 Å². The summed E-state index contributed by atoms with van der Waals surface area (Å²) in [5.41, 5.74) is 6.64. The number of rotatable bonds is 4. The Kier molecular flexibility index (Phi) is 3.37. The summed E-state index contributed by atoms with van der Waals surface area (Å²) in [7, 11) is 0. The summed E-state index contributed by atoms with van der Waals surface area (Å²) in [6.07, 6.45) is -0.300. The number of carbonyl (C=O) groups is 2. The topological polar surface area (TPSA) is 118 Å². The van der Waals surface area contributed by atoms with E-state index >= 15 is 0 Å². The third-order valence-electron chi connectivity index (χ3n) is 0.905. The van der Waals surface area contributed by atoms with Crippen molar-refractivity contribution in [3.8, 4) is 0 Å². The minimum Gasteiger partial charge on any atom is -0.480 e. The van der Waals surface area contributed by atoms with Crippen LogP contribution in [-0.4, -0.2) is 23.0 Å². The Balaban J connectivity index is 3.83. The van der Waals surface area contributed by atoms with E-state index < -0.39 is 17.9 Å². The van der Waals surface area contributed by atoms with Crippen molar-refractivity contribution in [1.82, 2.24) is 5.43 Å². The van der Waals surface area contributed by atoms with Crippen molar-refractivity contribution in [3.63, 3.8) is 0 Å². The average Bonchev–Trinajstić information content (AvgIpc) is 1.81. The molecule has 0 spiro atoms. The second-order valence-electron chi connectivity index (χ2n) is 1.73. The van der Waals surface area contributed by atoms with Crippen LogP contribution in [0.2, 0.25) is 0 Å². The van der Waals surface area contributed by atoms with E-state index in [1.807, 2.05) is 5.43 Å². The van der Waals surface area contributed by atoms with Gasteiger partial charge in [0.15, 0.2) is 0 Å². The molecule has 0 aliphatic carbocycles. The van der Waals surface area contributed by atoms with E-state index in [1.54, 1.807) is 0 Å². The van der Waals surface area contributed by atoms with Gasteiger partial charge >= 0.3 is 5.97 Å². The van der Waals surface area contributed by atoms with E-state index in [2.05, 4.69) is 0 Å². The Morgan fingerprint density at radius 2 is 2.10 bits per heavy atom. The predicted octanol–water partition coefficient (Wildman–Crippen LogP) is -2.22. The maximum atomic E-state index is 10.1. The smallest absolute Gasteiger partial charge is 0.322 e. The van der Waals surface area contributed by atoms with Gasteiger partial charge in [-0.2, -0.15) is 0 Å². The Labute approximate surface area is 57.2 Å². The fourth-order valence-electron chi connectivity index (χ4n) is 0.419. The number of carboxylic acid groups (broad SMARTS) is 1. The van der Waals surface area contributed by atoms with Crippen LogP contribution in [0.5, 0.6) is 0 Å². The highest BCUT2D eigenvalue weighted by molar-refractivity contribution is 5.83. The van der Waals surface area contributed by atoms with Gasteiger partial charge in [0, 0.05) is 0 Å². The van der Waals surface area contributed by atoms with Gasteiger partial charge in [-0.3, -0.25) is 15.4 Å². The number of hydrazine groups is 1. The van der Waals surface area contributed by atoms with Gasteiger partial charge in [0.1, 0.15) is 6.04 Å². The molecule has 1 amide bonds. The first kappa shape index (κ1) is 8.86. The lowest BCUT2D eigenvalue weighted by Gasteiger charge is -2.06. The second-order valence-corrected chi connectivity index (χ2v) is 1.73. The first-order valence-electron chi connectivity index (χ1n) is 2.55. The van der Waals surface area contributed by atoms with Crippen molar-refractivity contribution in [1.29, 1.82) is 0 Å². The number of nitrogens with two attached hydrogens (primary N) is 2. The summed E-state index contributed by atoms with van der Waals surface area (Å²) in [6.45, 7) is 0. The summed E-state index contributed by atoms with van der Waals surface area (Å²) in [5, 5.41) is 8.27. The molecule has 6 N–H and O–H groups in total. The van der Waals surface area contributed by atoms with E-state index in [1.165, 1.54) is 0 Å². The van der Waals surface area contributed by atoms with Gasteiger partial charge in [0.05, 0.1) is 6.42 Å². The Morgan fingerprint density at radius 1 is 1.60 bits per heavy atom. The zero-order valence-corrected chi connectivity index (χ0v) is 5.20. The van der Waals surface area contributed by atoms with Gasteiger partial charge in [-0.15, -0.1) is 0 Å². The number of aliphatic carboxylic acids is 1. The number of carbonyl (C=O) groups excluding carboxylic acids is 1. The van der Waals surface area contributed by atoms with E-state index in [-0.39, 0.29) is 6.42 Å². The summed E-state index contributed by atoms with van der Waals surface area (Å²) in [6, 6.07) is -1.09. The number of hydrogen-bond acceptors (Lipinski definition) is 4. The number of hydrogen-bond donors (Lipinski definition) is 4. The lowest BCUT2D eigenvalue weighted by atomic mass is 10.2. The third kappa shape index (κ3) is 3.00. The van der Waals surface area contributed by atoms with E-state index in [0.29, 0.717) is 0 Å². The highest BCUT2D eigenvalue weighted by atomic mass is 16.4. The van der Waals surface area contributed by atoms with Crippen LogP contribution in [0.15, 0.2) is 0 Å². The molecule has 10 heavy (non-hydrogen) atoms. The second kappa shape index (κ2) is 3.80. The van der Waals surface area contributed by atoms with Crippen LogP contribution < -0.4 is 17.0 Å². The van der Waals surface area contributed by atoms with Crippen LogP contribution in [0, 0.1) is 0 Å². The average molecular weight is 147 g/mol. The van der Waals surface area contributed by atoms with E-state index in [0.717, 1.165) is 0 Å². The lowest BCUT2D eigenvalue weighted by Crippen LogP contribution is -2.43. The number of nitrogens with one attached hydrogen (secondary N) is 1. The highest BCUT2D eigenvalue weighted by Gasteiger charge is 2.17. The minimum atomic E-state index is -1.19. The van der Waals surface area contributed by atoms with Gasteiger partial charge in [0.25, 0.3) is 0 Å². The maximum absolute atomic E-state index is 10.1. The fraction of sp³-hybridized carbons (Fsp3) is 0.500. The van der Waals surface area contributed by atoms with Crippen molar-refractivity contribution in [2.75, 3.05) is 0 Å². The van der Waals surface area contributed by atoms with Gasteiger partial charge in [0.2, 0.25) is 5.91 Å². The zero-order valence-electron chi connectivity index (χ0n) is 5.20. The van der Waals surface area contributed by atoms with Crippen molar-refractivity contribution in [2.24, 2.45) is 11.6 Å². The molecule has 58 valence electrons. The number of primary amides is 1. The summed E-state index contributed by atoms with van der Waals surface area (Å²) in [4.78, 5) is 20.3. The number of carboxylic acids is 1.